The maximum Gasteiger partial charge on any atom is 0.282 e. The summed E-state index contributed by atoms with van der Waals surface area (Å²) in [6.45, 7) is 4.35. The lowest BCUT2D eigenvalue weighted by Crippen LogP contribution is -2.23. The van der Waals surface area contributed by atoms with E-state index >= 15 is 0 Å². The molecule has 0 atom stereocenters. The third-order valence-corrected chi connectivity index (χ3v) is 6.18. The lowest BCUT2D eigenvalue weighted by Gasteiger charge is -2.13. The number of fused-ring (bicyclic) bond motifs is 1. The first-order valence-electron chi connectivity index (χ1n) is 10.2. The first-order chi connectivity index (χ1) is 15.8. The van der Waals surface area contributed by atoms with Crippen LogP contribution in [0, 0.1) is 0 Å². The van der Waals surface area contributed by atoms with E-state index < -0.39 is 0 Å². The summed E-state index contributed by atoms with van der Waals surface area (Å²) in [6.07, 6.45) is 1.63. The molecule has 168 valence electrons. The number of hydrogen-bond donors (Lipinski definition) is 0. The van der Waals surface area contributed by atoms with Crippen molar-refractivity contribution in [1.29, 1.82) is 0 Å². The quantitative estimate of drug-likeness (QED) is 0.224. The van der Waals surface area contributed by atoms with E-state index in [4.69, 9.17) is 16.3 Å². The van der Waals surface area contributed by atoms with Gasteiger partial charge in [-0.05, 0) is 54.1 Å². The lowest BCUT2D eigenvalue weighted by atomic mass is 10.2. The molecule has 0 aliphatic carbocycles. The van der Waals surface area contributed by atoms with Crippen molar-refractivity contribution in [2.45, 2.75) is 26.4 Å². The summed E-state index contributed by atoms with van der Waals surface area (Å²) in [6, 6.07) is 18.6. The van der Waals surface area contributed by atoms with Gasteiger partial charge in [0, 0.05) is 25.4 Å². The summed E-state index contributed by atoms with van der Waals surface area (Å²) in [5.74, 6) is 1.24. The summed E-state index contributed by atoms with van der Waals surface area (Å²) in [5.41, 5.74) is 2.15. The van der Waals surface area contributed by atoms with Crippen LogP contribution in [0.15, 0.2) is 79.5 Å². The highest BCUT2D eigenvalue weighted by Crippen LogP contribution is 2.24. The molecule has 0 aliphatic rings. The van der Waals surface area contributed by atoms with Crippen LogP contribution in [-0.2, 0) is 6.61 Å². The Hall–Kier alpha value is -2.48. The molecule has 0 unspecified atom stereocenters. The topological polar surface area (TPSA) is 56.5 Å². The number of halogens is 3. The van der Waals surface area contributed by atoms with Crippen LogP contribution in [0.25, 0.3) is 10.9 Å². The third-order valence-electron chi connectivity index (χ3n) is 4.94. The van der Waals surface area contributed by atoms with Crippen LogP contribution in [0.1, 0.15) is 36.7 Å². The van der Waals surface area contributed by atoms with Crippen molar-refractivity contribution in [1.82, 2.24) is 9.66 Å². The lowest BCUT2D eigenvalue weighted by molar-refractivity contribution is 0.305. The molecule has 0 saturated heterocycles. The van der Waals surface area contributed by atoms with Gasteiger partial charge in [-0.1, -0.05) is 69.4 Å². The van der Waals surface area contributed by atoms with Gasteiger partial charge in [0.25, 0.3) is 5.56 Å². The van der Waals surface area contributed by atoms with Gasteiger partial charge in [-0.3, -0.25) is 4.79 Å². The minimum atomic E-state index is -0.222. The van der Waals surface area contributed by atoms with Crippen molar-refractivity contribution in [3.63, 3.8) is 0 Å². The standard InChI is InChI=1S/C25H20Br2ClN3O2/c1-15(2)24-30-22-9-5-19(27)12-21(22)25(32)31(24)29-13-17-11-18(26)6-10-23(17)33-14-16-3-7-20(28)8-4-16/h3-13,15H,14H2,1-2H3. The molecule has 0 spiro atoms. The number of aromatic nitrogens is 2. The Morgan fingerprint density at radius 1 is 1.06 bits per heavy atom. The third kappa shape index (κ3) is 5.54. The van der Waals surface area contributed by atoms with Crippen molar-refractivity contribution in [3.8, 4) is 5.75 Å². The SMILES string of the molecule is CC(C)c1nc2ccc(Br)cc2c(=O)n1N=Cc1cc(Br)ccc1OCc1ccc(Cl)cc1. The normalized spacial score (nSPS) is 11.6. The van der Waals surface area contributed by atoms with Gasteiger partial charge in [0.05, 0.1) is 17.1 Å². The smallest absolute Gasteiger partial charge is 0.282 e. The minimum absolute atomic E-state index is 0.00558. The van der Waals surface area contributed by atoms with Crippen molar-refractivity contribution >= 4 is 60.6 Å². The molecule has 33 heavy (non-hydrogen) atoms. The zero-order chi connectivity index (χ0) is 23.5. The highest BCUT2D eigenvalue weighted by molar-refractivity contribution is 9.10. The average Bonchev–Trinajstić information content (AvgIpc) is 2.79. The molecule has 3 aromatic carbocycles. The van der Waals surface area contributed by atoms with E-state index in [2.05, 4.69) is 41.9 Å². The largest absolute Gasteiger partial charge is 0.488 e. The fourth-order valence-corrected chi connectivity index (χ4v) is 4.13. The highest BCUT2D eigenvalue weighted by atomic mass is 79.9. The maximum atomic E-state index is 13.3. The zero-order valence-corrected chi connectivity index (χ0v) is 21.9. The van der Waals surface area contributed by atoms with Crippen LogP contribution >= 0.6 is 43.5 Å². The molecular formula is C25H20Br2ClN3O2. The molecule has 0 bridgehead atoms. The van der Waals surface area contributed by atoms with Crippen LogP contribution in [0.2, 0.25) is 5.02 Å². The summed E-state index contributed by atoms with van der Waals surface area (Å²) < 4.78 is 9.09. The van der Waals surface area contributed by atoms with Gasteiger partial charge in [0.15, 0.2) is 0 Å². The van der Waals surface area contributed by atoms with Gasteiger partial charge in [0.2, 0.25) is 0 Å². The molecule has 5 nitrogen and oxygen atoms in total. The van der Waals surface area contributed by atoms with Gasteiger partial charge in [0.1, 0.15) is 18.2 Å². The van der Waals surface area contributed by atoms with Crippen molar-refractivity contribution in [2.24, 2.45) is 5.10 Å². The predicted molar refractivity (Wildman–Crippen MR) is 141 cm³/mol. The van der Waals surface area contributed by atoms with E-state index in [9.17, 15) is 4.79 Å². The Kier molecular flexibility index (Phi) is 7.32. The minimum Gasteiger partial charge on any atom is -0.488 e. The average molecular weight is 590 g/mol. The summed E-state index contributed by atoms with van der Waals surface area (Å²) >= 11 is 12.9. The molecule has 4 aromatic rings. The fraction of sp³-hybridized carbons (Fsp3) is 0.160. The van der Waals surface area contributed by atoms with Gasteiger partial charge in [-0.25, -0.2) is 4.98 Å². The number of ether oxygens (including phenoxy) is 1. The molecule has 0 aliphatic heterocycles. The van der Waals surface area contributed by atoms with E-state index in [1.807, 2.05) is 68.4 Å². The van der Waals surface area contributed by atoms with Crippen LogP contribution < -0.4 is 10.3 Å². The van der Waals surface area contributed by atoms with Gasteiger partial charge in [-0.2, -0.15) is 9.78 Å². The Bertz CT molecular complexity index is 1400. The number of benzene rings is 3. The predicted octanol–water partition coefficient (Wildman–Crippen LogP) is 7.16. The molecular weight excluding hydrogens is 570 g/mol. The van der Waals surface area contributed by atoms with E-state index in [-0.39, 0.29) is 11.5 Å². The second-order valence-corrected chi connectivity index (χ2v) is 10.0. The van der Waals surface area contributed by atoms with E-state index in [0.717, 1.165) is 20.1 Å². The monoisotopic (exact) mass is 587 g/mol. The van der Waals surface area contributed by atoms with Gasteiger partial charge in [-0.15, -0.1) is 0 Å². The van der Waals surface area contributed by atoms with Crippen molar-refractivity contribution in [3.05, 3.63) is 102 Å². The van der Waals surface area contributed by atoms with Crippen LogP contribution in [0.4, 0.5) is 0 Å². The Morgan fingerprint density at radius 2 is 1.76 bits per heavy atom. The van der Waals surface area contributed by atoms with Crippen molar-refractivity contribution in [2.75, 3.05) is 0 Å². The zero-order valence-electron chi connectivity index (χ0n) is 17.9. The molecule has 0 amide bonds. The summed E-state index contributed by atoms with van der Waals surface area (Å²) in [4.78, 5) is 17.9. The van der Waals surface area contributed by atoms with E-state index in [1.165, 1.54) is 4.68 Å². The van der Waals surface area contributed by atoms with Crippen LogP contribution in [0.5, 0.6) is 5.75 Å². The molecule has 1 heterocycles. The molecule has 0 saturated carbocycles. The fourth-order valence-electron chi connectivity index (χ4n) is 3.26. The van der Waals surface area contributed by atoms with E-state index in [1.54, 1.807) is 12.3 Å². The summed E-state index contributed by atoms with van der Waals surface area (Å²) in [5, 5.41) is 5.71. The maximum absolute atomic E-state index is 13.3. The first-order valence-corrected chi connectivity index (χ1v) is 12.2. The molecule has 1 aromatic heterocycles. The molecule has 0 radical (unpaired) electrons. The Morgan fingerprint density at radius 3 is 2.48 bits per heavy atom. The second-order valence-electron chi connectivity index (χ2n) is 7.74. The number of nitrogens with zero attached hydrogens (tertiary/aromatic N) is 3. The molecule has 8 heteroatoms. The molecule has 0 N–H and O–H groups in total. The number of hydrogen-bond acceptors (Lipinski definition) is 4. The Labute approximate surface area is 213 Å². The second kappa shape index (κ2) is 10.2. The van der Waals surface area contributed by atoms with Gasteiger partial charge >= 0.3 is 0 Å². The van der Waals surface area contributed by atoms with Crippen LogP contribution in [-0.4, -0.2) is 15.9 Å². The summed E-state index contributed by atoms with van der Waals surface area (Å²) in [7, 11) is 0. The molecule has 4 rings (SSSR count). The number of rotatable bonds is 6. The van der Waals surface area contributed by atoms with Crippen molar-refractivity contribution < 1.29 is 4.74 Å². The van der Waals surface area contributed by atoms with Crippen LogP contribution in [0.3, 0.4) is 0 Å². The first kappa shape index (κ1) is 23.7. The Balaban J connectivity index is 1.72. The highest BCUT2D eigenvalue weighted by Gasteiger charge is 2.14. The molecule has 0 fully saturated rings. The van der Waals surface area contributed by atoms with Gasteiger partial charge < -0.3 is 4.74 Å². The van der Waals surface area contributed by atoms with E-state index in [0.29, 0.717) is 34.1 Å².